The largest absolute Gasteiger partial charge is 0.399 e. The Bertz CT molecular complexity index is 462. The Balaban J connectivity index is 1.93. The van der Waals surface area contributed by atoms with E-state index in [9.17, 15) is 4.79 Å². The topological polar surface area (TPSA) is 67.6 Å². The van der Waals surface area contributed by atoms with Crippen molar-refractivity contribution in [2.45, 2.75) is 19.4 Å². The molecule has 0 saturated carbocycles. The third-order valence-corrected chi connectivity index (χ3v) is 3.25. The number of nitrogens with one attached hydrogen (secondary N) is 1. The van der Waals surface area contributed by atoms with Crippen molar-refractivity contribution in [2.75, 3.05) is 37.4 Å². The molecular formula is C14H21N3O2. The van der Waals surface area contributed by atoms with Crippen molar-refractivity contribution in [3.63, 3.8) is 0 Å². The molecule has 2 rings (SSSR count). The Hall–Kier alpha value is -1.75. The van der Waals surface area contributed by atoms with Crippen molar-refractivity contribution in [2.24, 2.45) is 0 Å². The number of benzene rings is 1. The number of fused-ring (bicyclic) bond motifs is 1. The molecule has 104 valence electrons. The number of carbonyl (C=O) groups excluding carboxylic acids is 1. The first-order chi connectivity index (χ1) is 9.10. The van der Waals surface area contributed by atoms with Gasteiger partial charge < -0.3 is 20.7 Å². The Morgan fingerprint density at radius 3 is 3.11 bits per heavy atom. The van der Waals surface area contributed by atoms with Crippen molar-refractivity contribution in [3.05, 3.63) is 23.8 Å². The van der Waals surface area contributed by atoms with Crippen molar-refractivity contribution in [1.29, 1.82) is 0 Å². The normalized spacial score (nSPS) is 15.2. The molecule has 1 atom stereocenters. The molecule has 5 nitrogen and oxygen atoms in total. The summed E-state index contributed by atoms with van der Waals surface area (Å²) in [4.78, 5) is 14.0. The molecule has 0 aromatic heterocycles. The van der Waals surface area contributed by atoms with E-state index in [1.54, 1.807) is 7.11 Å². The summed E-state index contributed by atoms with van der Waals surface area (Å²) in [5.41, 5.74) is 8.88. The summed E-state index contributed by atoms with van der Waals surface area (Å²) in [7, 11) is 1.63. The summed E-state index contributed by atoms with van der Waals surface area (Å²) in [6.45, 7) is 3.70. The van der Waals surface area contributed by atoms with E-state index in [0.717, 1.165) is 24.3 Å². The van der Waals surface area contributed by atoms with E-state index in [2.05, 4.69) is 10.2 Å². The van der Waals surface area contributed by atoms with E-state index in [1.165, 1.54) is 5.56 Å². The van der Waals surface area contributed by atoms with E-state index in [1.807, 2.05) is 25.1 Å². The zero-order valence-electron chi connectivity index (χ0n) is 11.5. The first-order valence-electron chi connectivity index (χ1n) is 6.52. The second-order valence-corrected chi connectivity index (χ2v) is 4.98. The standard InChI is InChI=1S/C14H21N3O2/c1-10(9-19-2)16-14(18)8-17-6-5-11-7-12(15)3-4-13(11)17/h3-4,7,10H,5-6,8-9,15H2,1-2H3,(H,16,18). The molecule has 1 aliphatic heterocycles. The molecule has 0 aliphatic carbocycles. The van der Waals surface area contributed by atoms with Crippen LogP contribution in [-0.4, -0.2) is 38.8 Å². The van der Waals surface area contributed by atoms with Crippen LogP contribution in [0.5, 0.6) is 0 Å². The second kappa shape index (κ2) is 5.93. The van der Waals surface area contributed by atoms with Gasteiger partial charge in [-0.15, -0.1) is 0 Å². The van der Waals surface area contributed by atoms with Gasteiger partial charge in [-0.3, -0.25) is 4.79 Å². The average molecular weight is 263 g/mol. The van der Waals surface area contributed by atoms with Crippen molar-refractivity contribution < 1.29 is 9.53 Å². The van der Waals surface area contributed by atoms with Gasteiger partial charge in [0.25, 0.3) is 0 Å². The van der Waals surface area contributed by atoms with Gasteiger partial charge in [-0.25, -0.2) is 0 Å². The molecule has 0 saturated heterocycles. The third kappa shape index (κ3) is 3.38. The highest BCUT2D eigenvalue weighted by molar-refractivity contribution is 5.82. The fourth-order valence-corrected chi connectivity index (χ4v) is 2.44. The predicted molar refractivity (Wildman–Crippen MR) is 76.3 cm³/mol. The van der Waals surface area contributed by atoms with Crippen LogP contribution < -0.4 is 16.0 Å². The minimum atomic E-state index is 0.0224. The molecule has 0 radical (unpaired) electrons. The fourth-order valence-electron chi connectivity index (χ4n) is 2.44. The number of hydrogen-bond acceptors (Lipinski definition) is 4. The van der Waals surface area contributed by atoms with Gasteiger partial charge >= 0.3 is 0 Å². The number of anilines is 2. The van der Waals surface area contributed by atoms with Crippen molar-refractivity contribution in [1.82, 2.24) is 5.32 Å². The van der Waals surface area contributed by atoms with Gasteiger partial charge in [0.15, 0.2) is 0 Å². The maximum absolute atomic E-state index is 11.9. The summed E-state index contributed by atoms with van der Waals surface area (Å²) in [6, 6.07) is 5.89. The molecule has 1 amide bonds. The van der Waals surface area contributed by atoms with E-state index in [0.29, 0.717) is 13.2 Å². The summed E-state index contributed by atoms with van der Waals surface area (Å²) in [5, 5.41) is 2.92. The number of ether oxygens (including phenoxy) is 1. The van der Waals surface area contributed by atoms with E-state index >= 15 is 0 Å². The Morgan fingerprint density at radius 2 is 2.37 bits per heavy atom. The van der Waals surface area contributed by atoms with Crippen LogP contribution in [0.3, 0.4) is 0 Å². The molecule has 0 spiro atoms. The van der Waals surface area contributed by atoms with Crippen molar-refractivity contribution >= 4 is 17.3 Å². The van der Waals surface area contributed by atoms with E-state index in [4.69, 9.17) is 10.5 Å². The van der Waals surface area contributed by atoms with Crippen molar-refractivity contribution in [3.8, 4) is 0 Å². The second-order valence-electron chi connectivity index (χ2n) is 4.98. The molecule has 1 aliphatic rings. The quantitative estimate of drug-likeness (QED) is 0.770. The minimum absolute atomic E-state index is 0.0224. The number of nitrogens with zero attached hydrogens (tertiary/aromatic N) is 1. The number of hydrogen-bond donors (Lipinski definition) is 2. The zero-order chi connectivity index (χ0) is 13.8. The molecule has 1 aromatic carbocycles. The SMILES string of the molecule is COCC(C)NC(=O)CN1CCc2cc(N)ccc21. The van der Waals surface area contributed by atoms with Crippen LogP contribution in [0.25, 0.3) is 0 Å². The Labute approximate surface area is 113 Å². The number of nitrogen functional groups attached to an aromatic ring is 1. The number of methoxy groups -OCH3 is 1. The average Bonchev–Trinajstić information content (AvgIpc) is 2.71. The van der Waals surface area contributed by atoms with Crippen LogP contribution in [0.4, 0.5) is 11.4 Å². The van der Waals surface area contributed by atoms with Crippen LogP contribution in [0.15, 0.2) is 18.2 Å². The highest BCUT2D eigenvalue weighted by Gasteiger charge is 2.21. The molecule has 1 aromatic rings. The van der Waals surface area contributed by atoms with Gasteiger partial charge in [0.2, 0.25) is 5.91 Å². The van der Waals surface area contributed by atoms with Crippen LogP contribution in [0, 0.1) is 0 Å². The lowest BCUT2D eigenvalue weighted by molar-refractivity contribution is -0.120. The first kappa shape index (κ1) is 13.7. The molecule has 3 N–H and O–H groups in total. The number of amides is 1. The highest BCUT2D eigenvalue weighted by atomic mass is 16.5. The molecule has 5 heteroatoms. The molecular weight excluding hydrogens is 242 g/mol. The zero-order valence-corrected chi connectivity index (χ0v) is 11.5. The van der Waals surface area contributed by atoms with Gasteiger partial charge in [0.1, 0.15) is 0 Å². The molecule has 19 heavy (non-hydrogen) atoms. The maximum Gasteiger partial charge on any atom is 0.239 e. The number of rotatable bonds is 5. The van der Waals surface area contributed by atoms with Crippen LogP contribution >= 0.6 is 0 Å². The lowest BCUT2D eigenvalue weighted by atomic mass is 10.1. The van der Waals surface area contributed by atoms with E-state index < -0.39 is 0 Å². The molecule has 0 bridgehead atoms. The first-order valence-corrected chi connectivity index (χ1v) is 6.52. The lowest BCUT2D eigenvalue weighted by Crippen LogP contribution is -2.42. The smallest absolute Gasteiger partial charge is 0.239 e. The Morgan fingerprint density at radius 1 is 1.58 bits per heavy atom. The number of carbonyl (C=O) groups is 1. The maximum atomic E-state index is 11.9. The molecule has 1 heterocycles. The molecule has 1 unspecified atom stereocenters. The minimum Gasteiger partial charge on any atom is -0.399 e. The van der Waals surface area contributed by atoms with Gasteiger partial charge in [0.05, 0.1) is 13.2 Å². The van der Waals surface area contributed by atoms with Gasteiger partial charge in [-0.1, -0.05) is 0 Å². The lowest BCUT2D eigenvalue weighted by Gasteiger charge is -2.20. The Kier molecular flexibility index (Phi) is 4.27. The summed E-state index contributed by atoms with van der Waals surface area (Å²) in [5.74, 6) is 0.0224. The van der Waals surface area contributed by atoms with Crippen LogP contribution in [-0.2, 0) is 16.0 Å². The van der Waals surface area contributed by atoms with E-state index in [-0.39, 0.29) is 11.9 Å². The van der Waals surface area contributed by atoms with Crippen LogP contribution in [0.1, 0.15) is 12.5 Å². The summed E-state index contributed by atoms with van der Waals surface area (Å²) in [6.07, 6.45) is 0.946. The van der Waals surface area contributed by atoms with Gasteiger partial charge in [-0.05, 0) is 37.1 Å². The highest BCUT2D eigenvalue weighted by Crippen LogP contribution is 2.29. The molecule has 0 fully saturated rings. The number of nitrogens with two attached hydrogens (primary N) is 1. The van der Waals surface area contributed by atoms with Crippen LogP contribution in [0.2, 0.25) is 0 Å². The monoisotopic (exact) mass is 263 g/mol. The fraction of sp³-hybridized carbons (Fsp3) is 0.500. The van der Waals surface area contributed by atoms with Gasteiger partial charge in [0, 0.05) is 31.1 Å². The summed E-state index contributed by atoms with van der Waals surface area (Å²) < 4.78 is 5.00. The van der Waals surface area contributed by atoms with Gasteiger partial charge in [-0.2, -0.15) is 0 Å². The predicted octanol–water partition coefficient (Wildman–Crippen LogP) is 0.782. The summed E-state index contributed by atoms with van der Waals surface area (Å²) >= 11 is 0. The third-order valence-electron chi connectivity index (χ3n) is 3.25.